The molecule has 0 spiro atoms. The van der Waals surface area contributed by atoms with Crippen LogP contribution < -0.4 is 4.74 Å². The number of benzene rings is 2. The second-order valence-electron chi connectivity index (χ2n) is 6.62. The van der Waals surface area contributed by atoms with E-state index in [0.717, 1.165) is 0 Å². The van der Waals surface area contributed by atoms with E-state index in [1.807, 2.05) is 0 Å². The summed E-state index contributed by atoms with van der Waals surface area (Å²) in [5.74, 6) is -1.01. The van der Waals surface area contributed by atoms with Gasteiger partial charge in [-0.3, -0.25) is 9.59 Å². The molecule has 1 atom stereocenters. The minimum atomic E-state index is -0.724. The largest absolute Gasteiger partial charge is 0.507 e. The van der Waals surface area contributed by atoms with E-state index >= 15 is 0 Å². The third kappa shape index (κ3) is 4.28. The fraction of sp³-hybridized carbons (Fsp3) is 0.273. The van der Waals surface area contributed by atoms with E-state index in [-0.39, 0.29) is 11.3 Å². The van der Waals surface area contributed by atoms with Gasteiger partial charge in [0.2, 0.25) is 0 Å². The molecule has 3 rings (SSSR count). The smallest absolute Gasteiger partial charge is 0.295 e. The van der Waals surface area contributed by atoms with Gasteiger partial charge in [0.05, 0.1) is 18.7 Å². The molecule has 0 aromatic heterocycles. The van der Waals surface area contributed by atoms with Crippen LogP contribution in [0.25, 0.3) is 5.76 Å². The van der Waals surface area contributed by atoms with Crippen molar-refractivity contribution in [1.82, 2.24) is 4.90 Å². The van der Waals surface area contributed by atoms with E-state index in [2.05, 4.69) is 0 Å². The van der Waals surface area contributed by atoms with Crippen LogP contribution in [0.3, 0.4) is 0 Å². The summed E-state index contributed by atoms with van der Waals surface area (Å²) < 4.78 is 10.4. The highest BCUT2D eigenvalue weighted by atomic mass is 35.5. The maximum Gasteiger partial charge on any atom is 0.295 e. The van der Waals surface area contributed by atoms with Crippen LogP contribution in [-0.2, 0) is 14.3 Å². The normalized spacial score (nSPS) is 18.3. The van der Waals surface area contributed by atoms with E-state index in [9.17, 15) is 14.7 Å². The molecule has 1 heterocycles. The van der Waals surface area contributed by atoms with Crippen molar-refractivity contribution in [3.05, 3.63) is 70.3 Å². The highest BCUT2D eigenvalue weighted by molar-refractivity contribution is 6.46. The molecule has 0 aliphatic carbocycles. The van der Waals surface area contributed by atoms with Gasteiger partial charge in [0.15, 0.2) is 0 Å². The topological polar surface area (TPSA) is 76.1 Å². The molecule has 1 aliphatic heterocycles. The van der Waals surface area contributed by atoms with Gasteiger partial charge in [0.1, 0.15) is 11.5 Å². The molecule has 1 N–H and O–H groups in total. The average molecular weight is 416 g/mol. The molecular formula is C22H22ClNO5. The number of ether oxygens (including phenoxy) is 2. The molecule has 0 saturated carbocycles. The molecule has 7 heteroatoms. The number of methoxy groups -OCH3 is 2. The quantitative estimate of drug-likeness (QED) is 0.322. The van der Waals surface area contributed by atoms with Crippen LogP contribution in [0, 0.1) is 0 Å². The van der Waals surface area contributed by atoms with Crippen molar-refractivity contribution in [1.29, 1.82) is 0 Å². The summed E-state index contributed by atoms with van der Waals surface area (Å²) in [4.78, 5) is 27.1. The van der Waals surface area contributed by atoms with E-state index < -0.39 is 17.7 Å². The van der Waals surface area contributed by atoms with Crippen LogP contribution in [0.4, 0.5) is 0 Å². The summed E-state index contributed by atoms with van der Waals surface area (Å²) in [5.41, 5.74) is 1.14. The Bertz CT molecular complexity index is 938. The molecule has 29 heavy (non-hydrogen) atoms. The molecular weight excluding hydrogens is 394 g/mol. The van der Waals surface area contributed by atoms with Crippen molar-refractivity contribution in [2.24, 2.45) is 0 Å². The molecule has 1 saturated heterocycles. The lowest BCUT2D eigenvalue weighted by atomic mass is 9.95. The Morgan fingerprint density at radius 3 is 2.52 bits per heavy atom. The van der Waals surface area contributed by atoms with Gasteiger partial charge in [0, 0.05) is 30.8 Å². The highest BCUT2D eigenvalue weighted by Gasteiger charge is 2.45. The summed E-state index contributed by atoms with van der Waals surface area (Å²) in [6, 6.07) is 12.9. The van der Waals surface area contributed by atoms with Gasteiger partial charge in [-0.1, -0.05) is 23.7 Å². The number of halogens is 1. The van der Waals surface area contributed by atoms with Crippen molar-refractivity contribution >= 4 is 29.1 Å². The number of hydrogen-bond acceptors (Lipinski definition) is 5. The fourth-order valence-corrected chi connectivity index (χ4v) is 3.54. The standard InChI is InChI=1S/C22H22ClNO5/c1-28-12-4-11-24-19(15-5-3-6-17(13-15)29-2)18(21(26)22(24)27)20(25)14-7-9-16(23)10-8-14/h3,5-10,13,19,25H,4,11-12H2,1-2H3/b20-18+/t19-/m1/s1. The Morgan fingerprint density at radius 2 is 1.86 bits per heavy atom. The van der Waals surface area contributed by atoms with Gasteiger partial charge < -0.3 is 19.5 Å². The highest BCUT2D eigenvalue weighted by Crippen LogP contribution is 2.40. The van der Waals surface area contributed by atoms with Gasteiger partial charge in [-0.25, -0.2) is 0 Å². The maximum absolute atomic E-state index is 12.9. The first-order chi connectivity index (χ1) is 14.0. The number of rotatable bonds is 7. The zero-order valence-corrected chi connectivity index (χ0v) is 17.0. The van der Waals surface area contributed by atoms with Gasteiger partial charge in [0.25, 0.3) is 11.7 Å². The molecule has 0 unspecified atom stereocenters. The van der Waals surface area contributed by atoms with Crippen LogP contribution >= 0.6 is 11.6 Å². The Morgan fingerprint density at radius 1 is 1.14 bits per heavy atom. The zero-order chi connectivity index (χ0) is 21.0. The van der Waals surface area contributed by atoms with Gasteiger partial charge in [-0.15, -0.1) is 0 Å². The number of hydrogen-bond donors (Lipinski definition) is 1. The number of amides is 1. The lowest BCUT2D eigenvalue weighted by Crippen LogP contribution is -2.31. The molecule has 0 bridgehead atoms. The first-order valence-corrected chi connectivity index (χ1v) is 9.53. The Balaban J connectivity index is 2.12. The molecule has 2 aromatic carbocycles. The van der Waals surface area contributed by atoms with Crippen molar-refractivity contribution in [2.75, 3.05) is 27.4 Å². The second kappa shape index (κ2) is 9.11. The van der Waals surface area contributed by atoms with Crippen LogP contribution in [0.1, 0.15) is 23.6 Å². The van der Waals surface area contributed by atoms with Crippen LogP contribution in [0.2, 0.25) is 5.02 Å². The number of Topliss-reactive ketones (excluding diaryl/α,β-unsaturated/α-hetero) is 1. The first-order valence-electron chi connectivity index (χ1n) is 9.15. The van der Waals surface area contributed by atoms with E-state index in [1.165, 1.54) is 4.90 Å². The predicted molar refractivity (Wildman–Crippen MR) is 110 cm³/mol. The fourth-order valence-electron chi connectivity index (χ4n) is 3.41. The third-order valence-corrected chi connectivity index (χ3v) is 5.07. The summed E-state index contributed by atoms with van der Waals surface area (Å²) in [6.45, 7) is 0.767. The van der Waals surface area contributed by atoms with Crippen molar-refractivity contribution in [3.63, 3.8) is 0 Å². The number of likely N-dealkylation sites (tertiary alicyclic amines) is 1. The molecule has 0 radical (unpaired) electrons. The number of carbonyl (C=O) groups excluding carboxylic acids is 2. The van der Waals surface area contributed by atoms with Gasteiger partial charge in [-0.2, -0.15) is 0 Å². The Labute approximate surface area is 174 Å². The average Bonchev–Trinajstić information content (AvgIpc) is 2.99. The lowest BCUT2D eigenvalue weighted by Gasteiger charge is -2.25. The summed E-state index contributed by atoms with van der Waals surface area (Å²) >= 11 is 5.93. The molecule has 6 nitrogen and oxygen atoms in total. The first kappa shape index (κ1) is 20.9. The minimum absolute atomic E-state index is 0.0444. The molecule has 1 aliphatic rings. The van der Waals surface area contributed by atoms with Crippen LogP contribution in [0.15, 0.2) is 54.1 Å². The van der Waals surface area contributed by atoms with E-state index in [1.54, 1.807) is 62.8 Å². The zero-order valence-electron chi connectivity index (χ0n) is 16.2. The number of carbonyl (C=O) groups is 2. The molecule has 1 amide bonds. The predicted octanol–water partition coefficient (Wildman–Crippen LogP) is 3.81. The van der Waals surface area contributed by atoms with E-state index in [4.69, 9.17) is 21.1 Å². The summed E-state index contributed by atoms with van der Waals surface area (Å²) in [5, 5.41) is 11.4. The van der Waals surface area contributed by atoms with Gasteiger partial charge >= 0.3 is 0 Å². The lowest BCUT2D eigenvalue weighted by molar-refractivity contribution is -0.140. The number of aliphatic hydroxyl groups excluding tert-OH is 1. The molecule has 1 fully saturated rings. The summed E-state index contributed by atoms with van der Waals surface area (Å²) in [6.07, 6.45) is 0.560. The van der Waals surface area contributed by atoms with Gasteiger partial charge in [-0.05, 0) is 48.4 Å². The van der Waals surface area contributed by atoms with Crippen molar-refractivity contribution in [2.45, 2.75) is 12.5 Å². The number of nitrogens with zero attached hydrogens (tertiary/aromatic N) is 1. The monoisotopic (exact) mass is 415 g/mol. The summed E-state index contributed by atoms with van der Waals surface area (Å²) in [7, 11) is 3.12. The SMILES string of the molecule is COCCCN1C(=O)C(=O)/C(=C(/O)c2ccc(Cl)cc2)[C@H]1c1cccc(OC)c1. The third-order valence-electron chi connectivity index (χ3n) is 4.81. The Kier molecular flexibility index (Phi) is 6.56. The van der Waals surface area contributed by atoms with Crippen LogP contribution in [0.5, 0.6) is 5.75 Å². The van der Waals surface area contributed by atoms with Crippen LogP contribution in [-0.4, -0.2) is 49.1 Å². The number of aliphatic hydroxyl groups is 1. The maximum atomic E-state index is 12.9. The molecule has 2 aromatic rings. The molecule has 152 valence electrons. The van der Waals surface area contributed by atoms with Crippen molar-refractivity contribution in [3.8, 4) is 5.75 Å². The Hall–Kier alpha value is -2.83. The number of ketones is 1. The van der Waals surface area contributed by atoms with Crippen molar-refractivity contribution < 1.29 is 24.2 Å². The second-order valence-corrected chi connectivity index (χ2v) is 7.06. The van der Waals surface area contributed by atoms with E-state index in [0.29, 0.717) is 41.5 Å². The minimum Gasteiger partial charge on any atom is -0.507 e.